The van der Waals surface area contributed by atoms with Crippen molar-refractivity contribution in [1.29, 1.82) is 0 Å². The van der Waals surface area contributed by atoms with E-state index in [1.807, 2.05) is 0 Å². The van der Waals surface area contributed by atoms with E-state index in [1.165, 1.54) is 6.07 Å². The van der Waals surface area contributed by atoms with E-state index in [1.54, 1.807) is 13.8 Å². The number of aromatic nitrogens is 1. The van der Waals surface area contributed by atoms with Gasteiger partial charge in [0.2, 0.25) is 5.89 Å². The highest BCUT2D eigenvalue weighted by atomic mass is 19.1. The van der Waals surface area contributed by atoms with Crippen LogP contribution in [-0.4, -0.2) is 27.5 Å². The minimum atomic E-state index is -1.04. The molecule has 1 aromatic carbocycles. The van der Waals surface area contributed by atoms with Crippen LogP contribution in [0.25, 0.3) is 11.5 Å². The summed E-state index contributed by atoms with van der Waals surface area (Å²) in [7, 11) is 0. The minimum Gasteiger partial charge on any atom is -0.481 e. The third-order valence-electron chi connectivity index (χ3n) is 4.14. The van der Waals surface area contributed by atoms with Gasteiger partial charge in [0.05, 0.1) is 12.0 Å². The van der Waals surface area contributed by atoms with Crippen molar-refractivity contribution in [1.82, 2.24) is 10.3 Å². The first-order valence-electron chi connectivity index (χ1n) is 7.76. The van der Waals surface area contributed by atoms with E-state index in [9.17, 15) is 18.4 Å². The molecule has 2 N–H and O–H groups in total. The Morgan fingerprint density at radius 1 is 1.24 bits per heavy atom. The number of carboxylic acid groups (broad SMARTS) is 1. The van der Waals surface area contributed by atoms with E-state index in [0.29, 0.717) is 12.8 Å². The molecular formula is C17H18F2N2O4. The quantitative estimate of drug-likeness (QED) is 0.797. The van der Waals surface area contributed by atoms with Gasteiger partial charge in [0, 0.05) is 0 Å². The highest BCUT2D eigenvalue weighted by molar-refractivity contribution is 5.93. The zero-order valence-corrected chi connectivity index (χ0v) is 13.8. The molecule has 1 heterocycles. The maximum atomic E-state index is 13.8. The Morgan fingerprint density at radius 3 is 2.36 bits per heavy atom. The third-order valence-corrected chi connectivity index (χ3v) is 4.14. The predicted molar refractivity (Wildman–Crippen MR) is 84.9 cm³/mol. The van der Waals surface area contributed by atoms with Crippen molar-refractivity contribution in [2.75, 3.05) is 0 Å². The Bertz CT molecular complexity index is 764. The summed E-state index contributed by atoms with van der Waals surface area (Å²) in [6, 6.07) is 3.30. The third kappa shape index (κ3) is 4.01. The molecule has 0 unspecified atom stereocenters. The number of nitrogens with one attached hydrogen (secondary N) is 1. The van der Waals surface area contributed by atoms with Crippen LogP contribution in [0.1, 0.15) is 43.6 Å². The molecule has 134 valence electrons. The van der Waals surface area contributed by atoms with E-state index < -0.39 is 34.6 Å². The van der Waals surface area contributed by atoms with Gasteiger partial charge in [-0.1, -0.05) is 19.9 Å². The molecule has 6 nitrogen and oxygen atoms in total. The lowest BCUT2D eigenvalue weighted by molar-refractivity contribution is -0.138. The molecule has 0 spiro atoms. The number of benzene rings is 1. The maximum Gasteiger partial charge on any atom is 0.305 e. The summed E-state index contributed by atoms with van der Waals surface area (Å²) in [5.41, 5.74) is -1.59. The van der Waals surface area contributed by atoms with Crippen LogP contribution < -0.4 is 5.32 Å². The van der Waals surface area contributed by atoms with Crippen molar-refractivity contribution >= 4 is 11.9 Å². The van der Waals surface area contributed by atoms with E-state index in [-0.39, 0.29) is 18.0 Å². The molecule has 25 heavy (non-hydrogen) atoms. The molecular weight excluding hydrogens is 334 g/mol. The number of carboxylic acids is 1. The maximum absolute atomic E-state index is 13.8. The SMILES string of the molecule is CCC(CC)(CC(=O)O)NC(=O)c1coc(-c2c(F)cccc2F)n1. The lowest BCUT2D eigenvalue weighted by Crippen LogP contribution is -2.49. The zero-order valence-electron chi connectivity index (χ0n) is 13.8. The molecule has 0 bridgehead atoms. The molecule has 0 aliphatic rings. The number of hydrogen-bond donors (Lipinski definition) is 2. The Morgan fingerprint density at radius 2 is 1.84 bits per heavy atom. The van der Waals surface area contributed by atoms with Gasteiger partial charge < -0.3 is 14.8 Å². The molecule has 0 aliphatic carbocycles. The summed E-state index contributed by atoms with van der Waals surface area (Å²) in [6.45, 7) is 3.52. The highest BCUT2D eigenvalue weighted by Crippen LogP contribution is 2.26. The minimum absolute atomic E-state index is 0.186. The summed E-state index contributed by atoms with van der Waals surface area (Å²) in [5, 5.41) is 11.7. The Balaban J connectivity index is 2.27. The van der Waals surface area contributed by atoms with Crippen molar-refractivity contribution in [2.45, 2.75) is 38.6 Å². The highest BCUT2D eigenvalue weighted by Gasteiger charge is 2.32. The van der Waals surface area contributed by atoms with Gasteiger partial charge in [-0.2, -0.15) is 0 Å². The average molecular weight is 352 g/mol. The molecule has 1 aromatic heterocycles. The lowest BCUT2D eigenvalue weighted by atomic mass is 9.89. The van der Waals surface area contributed by atoms with Crippen LogP contribution in [0.4, 0.5) is 8.78 Å². The van der Waals surface area contributed by atoms with Crippen LogP contribution in [0.2, 0.25) is 0 Å². The van der Waals surface area contributed by atoms with Gasteiger partial charge in [0.1, 0.15) is 23.5 Å². The number of nitrogens with zero attached hydrogens (tertiary/aromatic N) is 1. The number of hydrogen-bond acceptors (Lipinski definition) is 4. The fourth-order valence-corrected chi connectivity index (χ4v) is 2.51. The van der Waals surface area contributed by atoms with Crippen molar-refractivity contribution in [3.63, 3.8) is 0 Å². The summed E-state index contributed by atoms with van der Waals surface area (Å²) in [4.78, 5) is 27.2. The molecule has 8 heteroatoms. The topological polar surface area (TPSA) is 92.4 Å². The summed E-state index contributed by atoms with van der Waals surface area (Å²) < 4.78 is 32.6. The Labute approximate surface area is 142 Å². The number of oxazole rings is 1. The van der Waals surface area contributed by atoms with Crippen LogP contribution in [0.5, 0.6) is 0 Å². The Hall–Kier alpha value is -2.77. The van der Waals surface area contributed by atoms with E-state index in [4.69, 9.17) is 9.52 Å². The molecule has 0 atom stereocenters. The average Bonchev–Trinajstić information content (AvgIpc) is 3.03. The summed E-state index contributed by atoms with van der Waals surface area (Å²) in [6.07, 6.45) is 1.52. The monoisotopic (exact) mass is 352 g/mol. The zero-order chi connectivity index (χ0) is 18.6. The van der Waals surface area contributed by atoms with Gasteiger partial charge in [-0.05, 0) is 25.0 Å². The first kappa shape index (κ1) is 18.6. The lowest BCUT2D eigenvalue weighted by Gasteiger charge is -2.30. The van der Waals surface area contributed by atoms with Crippen molar-refractivity contribution in [3.05, 3.63) is 41.8 Å². The second kappa shape index (κ2) is 7.42. The van der Waals surface area contributed by atoms with Gasteiger partial charge >= 0.3 is 5.97 Å². The smallest absolute Gasteiger partial charge is 0.305 e. The first-order chi connectivity index (χ1) is 11.8. The molecule has 2 rings (SSSR count). The van der Waals surface area contributed by atoms with Crippen LogP contribution in [0, 0.1) is 11.6 Å². The molecule has 0 saturated carbocycles. The van der Waals surface area contributed by atoms with Crippen LogP contribution in [-0.2, 0) is 4.79 Å². The van der Waals surface area contributed by atoms with Crippen molar-refractivity contribution in [2.24, 2.45) is 0 Å². The van der Waals surface area contributed by atoms with Gasteiger partial charge in [-0.25, -0.2) is 13.8 Å². The van der Waals surface area contributed by atoms with E-state index >= 15 is 0 Å². The number of carbonyl (C=O) groups is 2. The fourth-order valence-electron chi connectivity index (χ4n) is 2.51. The Kier molecular flexibility index (Phi) is 5.51. The van der Waals surface area contributed by atoms with Gasteiger partial charge in [-0.15, -0.1) is 0 Å². The number of carbonyl (C=O) groups excluding carboxylic acids is 1. The molecule has 0 fully saturated rings. The first-order valence-corrected chi connectivity index (χ1v) is 7.76. The molecule has 0 radical (unpaired) electrons. The van der Waals surface area contributed by atoms with Crippen LogP contribution in [0.15, 0.2) is 28.9 Å². The van der Waals surface area contributed by atoms with Crippen LogP contribution >= 0.6 is 0 Å². The second-order valence-electron chi connectivity index (χ2n) is 5.65. The number of halogens is 2. The van der Waals surface area contributed by atoms with Crippen molar-refractivity contribution < 1.29 is 27.9 Å². The van der Waals surface area contributed by atoms with Crippen LogP contribution in [0.3, 0.4) is 0 Å². The summed E-state index contributed by atoms with van der Waals surface area (Å²) >= 11 is 0. The summed E-state index contributed by atoms with van der Waals surface area (Å²) in [5.74, 6) is -3.81. The molecule has 0 aliphatic heterocycles. The molecule has 0 saturated heterocycles. The molecule has 2 aromatic rings. The molecule has 1 amide bonds. The standard InChI is InChI=1S/C17H18F2N2O4/c1-3-17(4-2,8-13(22)23)21-15(24)12-9-25-16(20-12)14-10(18)6-5-7-11(14)19/h5-7,9H,3-4,8H2,1-2H3,(H,21,24)(H,22,23). The predicted octanol–water partition coefficient (Wildman–Crippen LogP) is 3.38. The van der Waals surface area contributed by atoms with Gasteiger partial charge in [0.25, 0.3) is 5.91 Å². The van der Waals surface area contributed by atoms with E-state index in [2.05, 4.69) is 10.3 Å². The second-order valence-corrected chi connectivity index (χ2v) is 5.65. The van der Waals surface area contributed by atoms with E-state index in [0.717, 1.165) is 18.4 Å². The van der Waals surface area contributed by atoms with Gasteiger partial charge in [-0.3, -0.25) is 9.59 Å². The fraction of sp³-hybridized carbons (Fsp3) is 0.353. The van der Waals surface area contributed by atoms with Gasteiger partial charge in [0.15, 0.2) is 5.69 Å². The number of aliphatic carboxylic acids is 1. The number of amides is 1. The van der Waals surface area contributed by atoms with Crippen molar-refractivity contribution in [3.8, 4) is 11.5 Å². The largest absolute Gasteiger partial charge is 0.481 e. The normalized spacial score (nSPS) is 11.4. The number of rotatable bonds is 7.